The number of methoxy groups -OCH3 is 1. The average molecular weight is 390 g/mol. The van der Waals surface area contributed by atoms with E-state index in [1.807, 2.05) is 31.2 Å². The Labute approximate surface area is 171 Å². The number of nitriles is 1. The normalized spacial score (nSPS) is 10.8. The Morgan fingerprint density at radius 2 is 1.90 bits per heavy atom. The molecular formula is C23H26N4O2. The SMILES string of the molecule is COc1ccc(Cn2nc(OCc3cc(C(C)C)ccc3C)c(C#N)c2N)cc1. The van der Waals surface area contributed by atoms with Crippen molar-refractivity contribution < 1.29 is 9.47 Å². The Balaban J connectivity index is 1.80. The lowest BCUT2D eigenvalue weighted by molar-refractivity contribution is 0.288. The number of ether oxygens (including phenoxy) is 2. The number of anilines is 1. The fraction of sp³-hybridized carbons (Fsp3) is 0.304. The van der Waals surface area contributed by atoms with E-state index in [1.54, 1.807) is 11.8 Å². The van der Waals surface area contributed by atoms with E-state index in [9.17, 15) is 5.26 Å². The van der Waals surface area contributed by atoms with Gasteiger partial charge in [-0.15, -0.1) is 5.10 Å². The second-order valence-electron chi connectivity index (χ2n) is 7.31. The van der Waals surface area contributed by atoms with Crippen LogP contribution in [0.1, 0.15) is 47.6 Å². The van der Waals surface area contributed by atoms with Gasteiger partial charge in [0.2, 0.25) is 0 Å². The summed E-state index contributed by atoms with van der Waals surface area (Å²) in [6.07, 6.45) is 0. The van der Waals surface area contributed by atoms with Crippen LogP contribution in [0.2, 0.25) is 0 Å². The highest BCUT2D eigenvalue weighted by Crippen LogP contribution is 2.26. The summed E-state index contributed by atoms with van der Waals surface area (Å²) in [6.45, 7) is 7.13. The highest BCUT2D eigenvalue weighted by molar-refractivity contribution is 5.55. The quantitative estimate of drug-likeness (QED) is 0.646. The molecule has 6 heteroatoms. The van der Waals surface area contributed by atoms with Crippen LogP contribution in [0.25, 0.3) is 0 Å². The standard InChI is InChI=1S/C23H26N4O2/c1-15(2)18-8-5-16(3)19(11-18)14-29-23-21(12-24)22(25)27(26-23)13-17-6-9-20(28-4)10-7-17/h5-11,15H,13-14,25H2,1-4H3. The van der Waals surface area contributed by atoms with Gasteiger partial charge in [-0.05, 0) is 47.2 Å². The van der Waals surface area contributed by atoms with E-state index in [4.69, 9.17) is 15.2 Å². The van der Waals surface area contributed by atoms with Gasteiger partial charge in [-0.1, -0.05) is 44.2 Å². The maximum atomic E-state index is 9.54. The molecule has 6 nitrogen and oxygen atoms in total. The summed E-state index contributed by atoms with van der Waals surface area (Å²) in [5.41, 5.74) is 10.9. The number of nitrogens with two attached hydrogens (primary N) is 1. The van der Waals surface area contributed by atoms with Crippen molar-refractivity contribution in [2.45, 2.75) is 39.8 Å². The summed E-state index contributed by atoms with van der Waals surface area (Å²) < 4.78 is 12.7. The van der Waals surface area contributed by atoms with Crippen LogP contribution in [-0.2, 0) is 13.2 Å². The number of nitrogens with zero attached hydrogens (tertiary/aromatic N) is 3. The van der Waals surface area contributed by atoms with Crippen LogP contribution in [0, 0.1) is 18.3 Å². The third-order valence-electron chi connectivity index (χ3n) is 4.97. The van der Waals surface area contributed by atoms with E-state index in [0.717, 1.165) is 22.4 Å². The van der Waals surface area contributed by atoms with Crippen molar-refractivity contribution in [3.63, 3.8) is 0 Å². The van der Waals surface area contributed by atoms with E-state index in [-0.39, 0.29) is 11.4 Å². The molecule has 0 saturated carbocycles. The highest BCUT2D eigenvalue weighted by atomic mass is 16.5. The van der Waals surface area contributed by atoms with E-state index in [2.05, 4.69) is 43.2 Å². The molecule has 0 aliphatic carbocycles. The third-order valence-corrected chi connectivity index (χ3v) is 4.97. The van der Waals surface area contributed by atoms with Gasteiger partial charge in [0.1, 0.15) is 24.2 Å². The van der Waals surface area contributed by atoms with Crippen LogP contribution in [0.3, 0.4) is 0 Å². The van der Waals surface area contributed by atoms with Crippen molar-refractivity contribution in [1.29, 1.82) is 5.26 Å². The first kappa shape index (κ1) is 20.3. The molecule has 1 aromatic heterocycles. The van der Waals surface area contributed by atoms with Gasteiger partial charge in [0.15, 0.2) is 5.56 Å². The number of rotatable bonds is 7. The summed E-state index contributed by atoms with van der Waals surface area (Å²) in [6, 6.07) is 16.1. The first-order valence-corrected chi connectivity index (χ1v) is 9.54. The Hall–Kier alpha value is -3.46. The van der Waals surface area contributed by atoms with Crippen LogP contribution in [0.15, 0.2) is 42.5 Å². The summed E-state index contributed by atoms with van der Waals surface area (Å²) in [4.78, 5) is 0. The predicted octanol–water partition coefficient (Wildman–Crippen LogP) is 4.40. The van der Waals surface area contributed by atoms with E-state index >= 15 is 0 Å². The lowest BCUT2D eigenvalue weighted by Gasteiger charge is -2.11. The molecule has 3 aromatic rings. The highest BCUT2D eigenvalue weighted by Gasteiger charge is 2.18. The topological polar surface area (TPSA) is 86.1 Å². The molecule has 0 fully saturated rings. The molecule has 0 saturated heterocycles. The molecule has 3 rings (SSSR count). The maximum absolute atomic E-state index is 9.54. The number of aromatic nitrogens is 2. The molecule has 0 amide bonds. The number of nitrogen functional groups attached to an aromatic ring is 1. The summed E-state index contributed by atoms with van der Waals surface area (Å²) in [5, 5.41) is 14.0. The van der Waals surface area contributed by atoms with Gasteiger partial charge in [0.05, 0.1) is 13.7 Å². The Morgan fingerprint density at radius 3 is 2.52 bits per heavy atom. The predicted molar refractivity (Wildman–Crippen MR) is 113 cm³/mol. The van der Waals surface area contributed by atoms with Crippen molar-refractivity contribution in [2.24, 2.45) is 0 Å². The van der Waals surface area contributed by atoms with Gasteiger partial charge in [0, 0.05) is 0 Å². The number of aryl methyl sites for hydroxylation is 1. The fourth-order valence-corrected chi connectivity index (χ4v) is 3.03. The van der Waals surface area contributed by atoms with Crippen molar-refractivity contribution in [1.82, 2.24) is 9.78 Å². The largest absolute Gasteiger partial charge is 0.497 e. The molecule has 0 aliphatic heterocycles. The van der Waals surface area contributed by atoms with E-state index < -0.39 is 0 Å². The zero-order chi connectivity index (χ0) is 21.0. The molecule has 0 aliphatic rings. The molecule has 29 heavy (non-hydrogen) atoms. The van der Waals surface area contributed by atoms with Gasteiger partial charge in [-0.3, -0.25) is 0 Å². The summed E-state index contributed by atoms with van der Waals surface area (Å²) in [5.74, 6) is 1.77. The lowest BCUT2D eigenvalue weighted by atomic mass is 9.98. The molecule has 0 spiro atoms. The van der Waals surface area contributed by atoms with Crippen LogP contribution in [-0.4, -0.2) is 16.9 Å². The minimum atomic E-state index is 0.257. The Morgan fingerprint density at radius 1 is 1.17 bits per heavy atom. The summed E-state index contributed by atoms with van der Waals surface area (Å²) in [7, 11) is 1.63. The fourth-order valence-electron chi connectivity index (χ4n) is 3.03. The minimum Gasteiger partial charge on any atom is -0.497 e. The molecule has 2 N–H and O–H groups in total. The van der Waals surface area contributed by atoms with Gasteiger partial charge in [0.25, 0.3) is 5.88 Å². The Kier molecular flexibility index (Phi) is 6.08. The summed E-state index contributed by atoms with van der Waals surface area (Å²) >= 11 is 0. The molecule has 2 aromatic carbocycles. The van der Waals surface area contributed by atoms with Crippen molar-refractivity contribution in [3.05, 3.63) is 70.3 Å². The molecular weight excluding hydrogens is 364 g/mol. The van der Waals surface area contributed by atoms with Crippen molar-refractivity contribution in [2.75, 3.05) is 12.8 Å². The Bertz CT molecular complexity index is 1030. The maximum Gasteiger partial charge on any atom is 0.253 e. The van der Waals surface area contributed by atoms with E-state index in [1.165, 1.54) is 5.56 Å². The molecule has 0 unspecified atom stereocenters. The first-order valence-electron chi connectivity index (χ1n) is 9.54. The van der Waals surface area contributed by atoms with Gasteiger partial charge >= 0.3 is 0 Å². The number of hydrogen-bond donors (Lipinski definition) is 1. The number of benzene rings is 2. The number of hydrogen-bond acceptors (Lipinski definition) is 5. The van der Waals surface area contributed by atoms with Gasteiger partial charge in [-0.2, -0.15) is 5.26 Å². The molecule has 0 radical (unpaired) electrons. The van der Waals surface area contributed by atoms with Crippen molar-refractivity contribution in [3.8, 4) is 17.7 Å². The molecule has 150 valence electrons. The zero-order valence-electron chi connectivity index (χ0n) is 17.3. The van der Waals surface area contributed by atoms with Crippen LogP contribution < -0.4 is 15.2 Å². The second kappa shape index (κ2) is 8.70. The minimum absolute atomic E-state index is 0.257. The van der Waals surface area contributed by atoms with Gasteiger partial charge < -0.3 is 15.2 Å². The zero-order valence-corrected chi connectivity index (χ0v) is 17.3. The molecule has 0 bridgehead atoms. The second-order valence-corrected chi connectivity index (χ2v) is 7.31. The van der Waals surface area contributed by atoms with E-state index in [0.29, 0.717) is 24.9 Å². The monoisotopic (exact) mass is 390 g/mol. The lowest BCUT2D eigenvalue weighted by Crippen LogP contribution is -2.06. The van der Waals surface area contributed by atoms with Gasteiger partial charge in [-0.25, -0.2) is 4.68 Å². The smallest absolute Gasteiger partial charge is 0.253 e. The van der Waals surface area contributed by atoms with Crippen LogP contribution in [0.5, 0.6) is 11.6 Å². The van der Waals surface area contributed by atoms with Crippen LogP contribution >= 0.6 is 0 Å². The van der Waals surface area contributed by atoms with Crippen molar-refractivity contribution >= 4 is 5.82 Å². The first-order chi connectivity index (χ1) is 13.9. The van der Waals surface area contributed by atoms with Crippen LogP contribution in [0.4, 0.5) is 5.82 Å². The average Bonchev–Trinajstić information content (AvgIpc) is 3.02. The molecule has 1 heterocycles. The third kappa shape index (κ3) is 4.52. The molecule has 0 atom stereocenters.